The molecule has 29 heavy (non-hydrogen) atoms. The number of nitrogens with one attached hydrogen (secondary N) is 2. The molecule has 0 saturated carbocycles. The first-order valence-corrected chi connectivity index (χ1v) is 11.9. The molecule has 0 radical (unpaired) electrons. The number of benzene rings is 2. The lowest BCUT2D eigenvalue weighted by Crippen LogP contribution is -2.49. The summed E-state index contributed by atoms with van der Waals surface area (Å²) >= 11 is 0. The number of anilines is 1. The molecule has 2 aromatic carbocycles. The van der Waals surface area contributed by atoms with E-state index in [1.54, 1.807) is 19.2 Å². The van der Waals surface area contributed by atoms with Crippen LogP contribution in [0.25, 0.3) is 0 Å². The van der Waals surface area contributed by atoms with E-state index in [9.17, 15) is 8.42 Å². The Labute approximate surface area is 174 Å². The molecule has 1 saturated heterocycles. The zero-order chi connectivity index (χ0) is 20.7. The summed E-state index contributed by atoms with van der Waals surface area (Å²) in [7, 11) is -1.36. The van der Waals surface area contributed by atoms with Crippen molar-refractivity contribution >= 4 is 21.5 Å². The van der Waals surface area contributed by atoms with Crippen molar-refractivity contribution in [3.8, 4) is 0 Å². The largest absolute Gasteiger partial charge is 0.371 e. The van der Waals surface area contributed by atoms with Crippen LogP contribution in [0.3, 0.4) is 0 Å². The summed E-state index contributed by atoms with van der Waals surface area (Å²) in [5.74, 6) is 0.816. The Bertz CT molecular complexity index is 904. The first-order valence-electron chi connectivity index (χ1n) is 10.0. The Kier molecular flexibility index (Phi) is 7.14. The van der Waals surface area contributed by atoms with Gasteiger partial charge in [-0.25, -0.2) is 8.42 Å². The monoisotopic (exact) mass is 414 g/mol. The second kappa shape index (κ2) is 9.78. The Morgan fingerprint density at radius 1 is 1.07 bits per heavy atom. The summed E-state index contributed by atoms with van der Waals surface area (Å²) in [5.41, 5.74) is 2.38. The topological polar surface area (TPSA) is 73.8 Å². The number of piperidine rings is 1. The van der Waals surface area contributed by atoms with Gasteiger partial charge < -0.3 is 15.5 Å². The van der Waals surface area contributed by atoms with Crippen molar-refractivity contribution in [1.29, 1.82) is 0 Å². The highest BCUT2D eigenvalue weighted by Gasteiger charge is 2.20. The van der Waals surface area contributed by atoms with E-state index in [1.807, 2.05) is 18.2 Å². The average Bonchev–Trinajstić information content (AvgIpc) is 2.74. The van der Waals surface area contributed by atoms with Crippen molar-refractivity contribution in [2.24, 2.45) is 4.99 Å². The summed E-state index contributed by atoms with van der Waals surface area (Å²) in [5, 5.41) is 6.89. The average molecular weight is 415 g/mol. The normalized spacial score (nSPS) is 15.9. The molecule has 0 unspecified atom stereocenters. The van der Waals surface area contributed by atoms with Gasteiger partial charge in [0.15, 0.2) is 15.8 Å². The van der Waals surface area contributed by atoms with Crippen molar-refractivity contribution in [3.05, 3.63) is 60.2 Å². The molecule has 1 heterocycles. The summed E-state index contributed by atoms with van der Waals surface area (Å²) in [6, 6.07) is 18.0. The minimum Gasteiger partial charge on any atom is -0.371 e. The number of sulfone groups is 1. The lowest BCUT2D eigenvalue weighted by atomic mass is 10.0. The molecule has 6 nitrogen and oxygen atoms in total. The maximum absolute atomic E-state index is 11.5. The van der Waals surface area contributed by atoms with Gasteiger partial charge in [-0.1, -0.05) is 30.3 Å². The van der Waals surface area contributed by atoms with Gasteiger partial charge >= 0.3 is 0 Å². The molecule has 3 rings (SSSR count). The van der Waals surface area contributed by atoms with Gasteiger partial charge in [0.25, 0.3) is 0 Å². The molecular formula is C22H30N4O2S. The first-order chi connectivity index (χ1) is 14.0. The second-order valence-electron chi connectivity index (χ2n) is 7.41. The van der Waals surface area contributed by atoms with Gasteiger partial charge in [0.1, 0.15) is 0 Å². The van der Waals surface area contributed by atoms with Crippen LogP contribution in [0.2, 0.25) is 0 Å². The first kappa shape index (κ1) is 21.2. The minimum atomic E-state index is -3.14. The number of aliphatic imine (C=N–C) groups is 1. The van der Waals surface area contributed by atoms with Crippen LogP contribution in [0, 0.1) is 0 Å². The summed E-state index contributed by atoms with van der Waals surface area (Å²) in [4.78, 5) is 7.12. The third-order valence-electron chi connectivity index (χ3n) is 5.24. The van der Waals surface area contributed by atoms with Crippen molar-refractivity contribution in [2.75, 3.05) is 37.8 Å². The molecule has 0 amide bonds. The fourth-order valence-corrected chi connectivity index (χ4v) is 4.17. The molecule has 0 aliphatic carbocycles. The van der Waals surface area contributed by atoms with Crippen molar-refractivity contribution in [1.82, 2.24) is 10.6 Å². The molecular weight excluding hydrogens is 384 g/mol. The zero-order valence-electron chi connectivity index (χ0n) is 17.1. The molecule has 156 valence electrons. The molecule has 0 atom stereocenters. The SMILES string of the molecule is CN=C(NCCc1ccc(S(C)(=O)=O)cc1)NC1CCN(c2ccccc2)CC1. The molecule has 1 fully saturated rings. The highest BCUT2D eigenvalue weighted by Crippen LogP contribution is 2.19. The lowest BCUT2D eigenvalue weighted by Gasteiger charge is -2.34. The Morgan fingerprint density at radius 2 is 1.72 bits per heavy atom. The van der Waals surface area contributed by atoms with Crippen LogP contribution in [-0.2, 0) is 16.3 Å². The van der Waals surface area contributed by atoms with Crippen LogP contribution >= 0.6 is 0 Å². The molecule has 2 N–H and O–H groups in total. The van der Waals surface area contributed by atoms with E-state index in [0.717, 1.165) is 50.4 Å². The Hall–Kier alpha value is -2.54. The van der Waals surface area contributed by atoms with Crippen LogP contribution in [0.1, 0.15) is 18.4 Å². The number of nitrogens with zero attached hydrogens (tertiary/aromatic N) is 2. The standard InChI is InChI=1S/C22H30N4O2S/c1-23-22(24-15-12-18-8-10-21(11-9-18)29(2,27)28)25-19-13-16-26(17-14-19)20-6-4-3-5-7-20/h3-11,19H,12-17H2,1-2H3,(H2,23,24,25). The summed E-state index contributed by atoms with van der Waals surface area (Å²) < 4.78 is 23.1. The van der Waals surface area contributed by atoms with E-state index >= 15 is 0 Å². The van der Waals surface area contributed by atoms with E-state index in [1.165, 1.54) is 11.9 Å². The van der Waals surface area contributed by atoms with E-state index in [2.05, 4.69) is 44.8 Å². The number of hydrogen-bond acceptors (Lipinski definition) is 4. The molecule has 1 aliphatic rings. The lowest BCUT2D eigenvalue weighted by molar-refractivity contribution is 0.461. The number of rotatable bonds is 6. The zero-order valence-corrected chi connectivity index (χ0v) is 18.0. The van der Waals surface area contributed by atoms with Gasteiger partial charge in [0, 0.05) is 44.7 Å². The van der Waals surface area contributed by atoms with Crippen LogP contribution in [0.5, 0.6) is 0 Å². The van der Waals surface area contributed by atoms with E-state index in [-0.39, 0.29) is 0 Å². The van der Waals surface area contributed by atoms with Crippen molar-refractivity contribution in [2.45, 2.75) is 30.2 Å². The maximum atomic E-state index is 11.5. The molecule has 2 aromatic rings. The fraction of sp³-hybridized carbons (Fsp3) is 0.409. The smallest absolute Gasteiger partial charge is 0.191 e. The molecule has 0 aromatic heterocycles. The quantitative estimate of drug-likeness (QED) is 0.561. The molecule has 1 aliphatic heterocycles. The predicted molar refractivity (Wildman–Crippen MR) is 119 cm³/mol. The summed E-state index contributed by atoms with van der Waals surface area (Å²) in [6.45, 7) is 2.80. The van der Waals surface area contributed by atoms with Gasteiger partial charge in [-0.15, -0.1) is 0 Å². The predicted octanol–water partition coefficient (Wildman–Crippen LogP) is 2.47. The molecule has 7 heteroatoms. The number of hydrogen-bond donors (Lipinski definition) is 2. The van der Waals surface area contributed by atoms with Crippen molar-refractivity contribution < 1.29 is 8.42 Å². The van der Waals surface area contributed by atoms with Gasteiger partial charge in [0.2, 0.25) is 0 Å². The highest BCUT2D eigenvalue weighted by molar-refractivity contribution is 7.90. The van der Waals surface area contributed by atoms with Gasteiger partial charge in [0.05, 0.1) is 4.90 Å². The van der Waals surface area contributed by atoms with Crippen LogP contribution < -0.4 is 15.5 Å². The van der Waals surface area contributed by atoms with Crippen molar-refractivity contribution in [3.63, 3.8) is 0 Å². The molecule has 0 bridgehead atoms. The fourth-order valence-electron chi connectivity index (χ4n) is 3.54. The Balaban J connectivity index is 1.42. The highest BCUT2D eigenvalue weighted by atomic mass is 32.2. The number of para-hydroxylation sites is 1. The second-order valence-corrected chi connectivity index (χ2v) is 9.42. The minimum absolute atomic E-state index is 0.355. The third-order valence-corrected chi connectivity index (χ3v) is 6.37. The van der Waals surface area contributed by atoms with Crippen LogP contribution in [-0.4, -0.2) is 53.4 Å². The summed E-state index contributed by atoms with van der Waals surface area (Å²) in [6.07, 6.45) is 4.17. The number of guanidine groups is 1. The van der Waals surface area contributed by atoms with Crippen LogP contribution in [0.4, 0.5) is 5.69 Å². The molecule has 0 spiro atoms. The van der Waals surface area contributed by atoms with Gasteiger partial charge in [-0.05, 0) is 49.1 Å². The van der Waals surface area contributed by atoms with E-state index in [0.29, 0.717) is 10.9 Å². The van der Waals surface area contributed by atoms with E-state index in [4.69, 9.17) is 0 Å². The maximum Gasteiger partial charge on any atom is 0.191 e. The Morgan fingerprint density at radius 3 is 2.31 bits per heavy atom. The van der Waals surface area contributed by atoms with E-state index < -0.39 is 9.84 Å². The van der Waals surface area contributed by atoms with Crippen LogP contribution in [0.15, 0.2) is 64.5 Å². The van der Waals surface area contributed by atoms with Gasteiger partial charge in [-0.2, -0.15) is 0 Å². The van der Waals surface area contributed by atoms with Gasteiger partial charge in [-0.3, -0.25) is 4.99 Å². The third kappa shape index (κ3) is 6.22.